The molecule has 1 atom stereocenters. The van der Waals surface area contributed by atoms with Crippen LogP contribution >= 0.6 is 11.8 Å². The number of amides is 1. The van der Waals surface area contributed by atoms with Gasteiger partial charge in [-0.05, 0) is 23.3 Å². The Morgan fingerprint density at radius 2 is 2.16 bits per heavy atom. The van der Waals surface area contributed by atoms with E-state index in [1.54, 1.807) is 18.6 Å². The van der Waals surface area contributed by atoms with Crippen molar-refractivity contribution in [2.24, 2.45) is 10.2 Å². The summed E-state index contributed by atoms with van der Waals surface area (Å²) in [5, 5.41) is 18.8. The summed E-state index contributed by atoms with van der Waals surface area (Å²) in [7, 11) is 0. The third-order valence-electron chi connectivity index (χ3n) is 3.37. The highest BCUT2D eigenvalue weighted by molar-refractivity contribution is 8.15. The number of pyridine rings is 1. The third-order valence-corrected chi connectivity index (χ3v) is 4.45. The fraction of sp³-hybridized carbons (Fsp3) is 0.118. The smallest absolute Gasteiger partial charge is 0.305 e. The third kappa shape index (κ3) is 4.51. The molecule has 2 heterocycles. The second kappa shape index (κ2) is 7.71. The van der Waals surface area contributed by atoms with Gasteiger partial charge < -0.3 is 10.4 Å². The lowest BCUT2D eigenvalue weighted by Gasteiger charge is -2.01. The molecule has 126 valence electrons. The number of benzene rings is 1. The summed E-state index contributed by atoms with van der Waals surface area (Å²) < 4.78 is 0. The number of hydrogen-bond acceptors (Lipinski definition) is 6. The molecule has 1 unspecified atom stereocenters. The summed E-state index contributed by atoms with van der Waals surface area (Å²) >= 11 is 1.07. The van der Waals surface area contributed by atoms with Crippen LogP contribution in [0.25, 0.3) is 11.1 Å². The summed E-state index contributed by atoms with van der Waals surface area (Å²) in [5.41, 5.74) is 2.86. The molecular weight excluding hydrogens is 340 g/mol. The summed E-state index contributed by atoms with van der Waals surface area (Å²) in [5.74, 6) is -1.38. The average Bonchev–Trinajstić information content (AvgIpc) is 2.95. The highest BCUT2D eigenvalue weighted by Gasteiger charge is 2.32. The number of nitrogens with one attached hydrogen (secondary N) is 1. The molecule has 0 spiro atoms. The highest BCUT2D eigenvalue weighted by Crippen LogP contribution is 2.22. The molecule has 3 rings (SSSR count). The van der Waals surface area contributed by atoms with E-state index in [1.165, 1.54) is 0 Å². The topological polar surface area (TPSA) is 104 Å². The lowest BCUT2D eigenvalue weighted by atomic mass is 10.1. The number of amidine groups is 1. The van der Waals surface area contributed by atoms with Crippen LogP contribution in [-0.4, -0.2) is 38.6 Å². The lowest BCUT2D eigenvalue weighted by Crippen LogP contribution is -2.26. The van der Waals surface area contributed by atoms with Crippen LogP contribution in [0.15, 0.2) is 59.0 Å². The molecule has 2 aromatic rings. The number of aliphatic carboxylic acids is 1. The maximum absolute atomic E-state index is 11.6. The first-order valence-corrected chi connectivity index (χ1v) is 8.30. The van der Waals surface area contributed by atoms with Crippen LogP contribution in [-0.2, 0) is 9.59 Å². The molecule has 2 N–H and O–H groups in total. The van der Waals surface area contributed by atoms with Crippen LogP contribution in [0.2, 0.25) is 0 Å². The van der Waals surface area contributed by atoms with Crippen LogP contribution in [0.4, 0.5) is 0 Å². The number of carbonyl (C=O) groups is 2. The van der Waals surface area contributed by atoms with Crippen molar-refractivity contribution >= 4 is 35.0 Å². The fourth-order valence-corrected chi connectivity index (χ4v) is 3.14. The second-order valence-corrected chi connectivity index (χ2v) is 6.40. The number of thioether (sulfide) groups is 1. The number of rotatable bonds is 5. The van der Waals surface area contributed by atoms with Crippen molar-refractivity contribution in [1.82, 2.24) is 10.3 Å². The van der Waals surface area contributed by atoms with E-state index in [2.05, 4.69) is 20.5 Å². The van der Waals surface area contributed by atoms with E-state index in [-0.39, 0.29) is 12.3 Å². The van der Waals surface area contributed by atoms with Gasteiger partial charge >= 0.3 is 5.97 Å². The van der Waals surface area contributed by atoms with Gasteiger partial charge in [-0.3, -0.25) is 14.6 Å². The molecule has 1 aliphatic rings. The predicted octanol–water partition coefficient (Wildman–Crippen LogP) is 2.14. The Labute approximate surface area is 147 Å². The molecule has 0 bridgehead atoms. The number of aromatic nitrogens is 1. The SMILES string of the molecule is O=C(O)CC1SC(=NN=Cc2cccc(-c3cccnc3)c2)NC1=O. The van der Waals surface area contributed by atoms with Crippen molar-refractivity contribution in [1.29, 1.82) is 0 Å². The van der Waals surface area contributed by atoms with Crippen LogP contribution in [0.1, 0.15) is 12.0 Å². The number of carboxylic acid groups (broad SMARTS) is 1. The molecule has 8 heteroatoms. The normalized spacial score (nSPS) is 18.6. The van der Waals surface area contributed by atoms with Crippen molar-refractivity contribution in [2.75, 3.05) is 0 Å². The number of hydrogen-bond donors (Lipinski definition) is 2. The van der Waals surface area contributed by atoms with Gasteiger partial charge in [0.25, 0.3) is 0 Å². The standard InChI is InChI=1S/C17H14N4O3S/c22-15(23)8-14-16(24)20-17(25-14)21-19-9-11-3-1-4-12(7-11)13-5-2-6-18-10-13/h1-7,9-10,14H,8H2,(H,22,23)(H,20,21,24). The molecule has 0 saturated carbocycles. The zero-order valence-corrected chi connectivity index (χ0v) is 13.8. The van der Waals surface area contributed by atoms with E-state index in [1.807, 2.05) is 36.4 Å². The number of carboxylic acids is 1. The van der Waals surface area contributed by atoms with Crippen LogP contribution in [0.3, 0.4) is 0 Å². The van der Waals surface area contributed by atoms with E-state index in [0.29, 0.717) is 5.17 Å². The Balaban J connectivity index is 1.69. The van der Waals surface area contributed by atoms with E-state index in [4.69, 9.17) is 5.11 Å². The summed E-state index contributed by atoms with van der Waals surface area (Å²) in [6, 6.07) is 11.6. The zero-order chi connectivity index (χ0) is 17.6. The van der Waals surface area contributed by atoms with E-state index in [0.717, 1.165) is 28.5 Å². The van der Waals surface area contributed by atoms with Gasteiger partial charge in [-0.2, -0.15) is 5.10 Å². The van der Waals surface area contributed by atoms with Crippen molar-refractivity contribution in [3.63, 3.8) is 0 Å². The van der Waals surface area contributed by atoms with E-state index in [9.17, 15) is 9.59 Å². The molecule has 1 saturated heterocycles. The van der Waals surface area contributed by atoms with Crippen LogP contribution < -0.4 is 5.32 Å². The maximum Gasteiger partial charge on any atom is 0.305 e. The minimum Gasteiger partial charge on any atom is -0.481 e. The quantitative estimate of drug-likeness (QED) is 0.632. The van der Waals surface area contributed by atoms with Gasteiger partial charge in [-0.15, -0.1) is 5.10 Å². The average molecular weight is 354 g/mol. The minimum absolute atomic E-state index is 0.244. The van der Waals surface area contributed by atoms with Gasteiger partial charge in [0.1, 0.15) is 5.25 Å². The molecule has 1 amide bonds. The maximum atomic E-state index is 11.6. The molecule has 1 aromatic carbocycles. The molecule has 1 aliphatic heterocycles. The molecular formula is C17H14N4O3S. The minimum atomic E-state index is -1.02. The summed E-state index contributed by atoms with van der Waals surface area (Å²) in [6.45, 7) is 0. The van der Waals surface area contributed by atoms with Gasteiger partial charge in [-0.25, -0.2) is 0 Å². The Kier molecular flexibility index (Phi) is 5.20. The van der Waals surface area contributed by atoms with Crippen molar-refractivity contribution < 1.29 is 14.7 Å². The molecule has 0 radical (unpaired) electrons. The number of carbonyl (C=O) groups excluding carboxylic acids is 1. The Bertz CT molecular complexity index is 852. The summed E-state index contributed by atoms with van der Waals surface area (Å²) in [4.78, 5) is 26.4. The Morgan fingerprint density at radius 3 is 2.92 bits per heavy atom. The van der Waals surface area contributed by atoms with Crippen molar-refractivity contribution in [2.45, 2.75) is 11.7 Å². The summed E-state index contributed by atoms with van der Waals surface area (Å²) in [6.07, 6.45) is 4.83. The van der Waals surface area contributed by atoms with Gasteiger partial charge in [0.05, 0.1) is 12.6 Å². The second-order valence-electron chi connectivity index (χ2n) is 5.21. The molecule has 1 aromatic heterocycles. The van der Waals surface area contributed by atoms with Crippen LogP contribution in [0, 0.1) is 0 Å². The van der Waals surface area contributed by atoms with Gasteiger partial charge in [-0.1, -0.05) is 36.0 Å². The molecule has 7 nitrogen and oxygen atoms in total. The van der Waals surface area contributed by atoms with Crippen LogP contribution in [0.5, 0.6) is 0 Å². The van der Waals surface area contributed by atoms with E-state index >= 15 is 0 Å². The predicted molar refractivity (Wildman–Crippen MR) is 96.5 cm³/mol. The molecule has 1 fully saturated rings. The Hall–Kier alpha value is -3.00. The lowest BCUT2D eigenvalue weighted by molar-refractivity contribution is -0.138. The van der Waals surface area contributed by atoms with Crippen molar-refractivity contribution in [3.05, 3.63) is 54.4 Å². The van der Waals surface area contributed by atoms with E-state index < -0.39 is 11.2 Å². The Morgan fingerprint density at radius 1 is 1.32 bits per heavy atom. The first kappa shape index (κ1) is 16.8. The van der Waals surface area contributed by atoms with Gasteiger partial charge in [0.2, 0.25) is 5.91 Å². The largest absolute Gasteiger partial charge is 0.481 e. The molecule has 0 aliphatic carbocycles. The highest BCUT2D eigenvalue weighted by atomic mass is 32.2. The molecule has 25 heavy (non-hydrogen) atoms. The van der Waals surface area contributed by atoms with Gasteiger partial charge in [0.15, 0.2) is 5.17 Å². The first-order valence-electron chi connectivity index (χ1n) is 7.42. The first-order chi connectivity index (χ1) is 12.1. The zero-order valence-electron chi connectivity index (χ0n) is 13.0. The van der Waals surface area contributed by atoms with Gasteiger partial charge in [0, 0.05) is 18.0 Å². The fourth-order valence-electron chi connectivity index (χ4n) is 2.23. The monoisotopic (exact) mass is 354 g/mol. The number of nitrogens with zero attached hydrogens (tertiary/aromatic N) is 3. The van der Waals surface area contributed by atoms with Crippen molar-refractivity contribution in [3.8, 4) is 11.1 Å².